The Labute approximate surface area is 95.4 Å². The number of rotatable bonds is 5. The molecule has 2 N–H and O–H groups in total. The van der Waals surface area contributed by atoms with Crippen molar-refractivity contribution in [1.29, 1.82) is 0 Å². The molecule has 1 rings (SSSR count). The molecule has 1 heterocycles. The molecule has 0 bridgehead atoms. The maximum Gasteiger partial charge on any atom is 0.311 e. The molecule has 0 spiro atoms. The number of hydrogen-bond donors (Lipinski definition) is 2. The number of nitrogens with zero attached hydrogens (tertiary/aromatic N) is 2. The maximum absolute atomic E-state index is 12.7. The summed E-state index contributed by atoms with van der Waals surface area (Å²) in [6.45, 7) is -0.647. The zero-order valence-electron chi connectivity index (χ0n) is 8.98. The Kier molecular flexibility index (Phi) is 3.89. The molecule has 0 saturated carbocycles. The van der Waals surface area contributed by atoms with E-state index in [-0.39, 0.29) is 11.5 Å². The molecule has 0 amide bonds. The largest absolute Gasteiger partial charge is 0.390 e. The van der Waals surface area contributed by atoms with Gasteiger partial charge < -0.3 is 10.4 Å². The highest BCUT2D eigenvalue weighted by Crippen LogP contribution is 2.23. The van der Waals surface area contributed by atoms with Crippen LogP contribution in [-0.4, -0.2) is 34.1 Å². The lowest BCUT2D eigenvalue weighted by Crippen LogP contribution is -2.31. The number of aliphatic hydroxyl groups excluding tert-OH is 1. The van der Waals surface area contributed by atoms with Crippen LogP contribution in [0.2, 0.25) is 0 Å². The minimum Gasteiger partial charge on any atom is -0.390 e. The fraction of sp³-hybridized carbons (Fsp3) is 0.444. The van der Waals surface area contributed by atoms with Crippen LogP contribution in [0.4, 0.5) is 20.3 Å². The van der Waals surface area contributed by atoms with E-state index in [1.54, 1.807) is 6.92 Å². The fourth-order valence-corrected chi connectivity index (χ4v) is 1.10. The van der Waals surface area contributed by atoms with Gasteiger partial charge in [0.15, 0.2) is 0 Å². The van der Waals surface area contributed by atoms with Gasteiger partial charge in [0.1, 0.15) is 6.61 Å². The van der Waals surface area contributed by atoms with Crippen molar-refractivity contribution in [2.24, 2.45) is 0 Å². The summed E-state index contributed by atoms with van der Waals surface area (Å²) in [5.41, 5.74) is 0.176. The molecule has 0 aliphatic carbocycles. The molecular weight excluding hydrogens is 236 g/mol. The first-order valence-electron chi connectivity index (χ1n) is 4.69. The van der Waals surface area contributed by atoms with Crippen molar-refractivity contribution in [3.05, 3.63) is 27.9 Å². The molecule has 8 heteroatoms. The van der Waals surface area contributed by atoms with Crippen molar-refractivity contribution in [3.8, 4) is 0 Å². The summed E-state index contributed by atoms with van der Waals surface area (Å²) >= 11 is 0. The highest BCUT2D eigenvalue weighted by Gasteiger charge is 2.28. The van der Waals surface area contributed by atoms with Gasteiger partial charge in [0.25, 0.3) is 5.92 Å². The summed E-state index contributed by atoms with van der Waals surface area (Å²) in [7, 11) is 0. The van der Waals surface area contributed by atoms with Gasteiger partial charge in [-0.05, 0) is 12.5 Å². The first kappa shape index (κ1) is 13.2. The fourth-order valence-electron chi connectivity index (χ4n) is 1.10. The third-order valence-corrected chi connectivity index (χ3v) is 1.95. The van der Waals surface area contributed by atoms with Crippen molar-refractivity contribution >= 4 is 11.5 Å². The van der Waals surface area contributed by atoms with Crippen LogP contribution in [0.25, 0.3) is 0 Å². The zero-order chi connectivity index (χ0) is 13.1. The van der Waals surface area contributed by atoms with Gasteiger partial charge in [0.2, 0.25) is 5.82 Å². The second-order valence-corrected chi connectivity index (χ2v) is 3.51. The average Bonchev–Trinajstić information content (AvgIpc) is 2.27. The first-order chi connectivity index (χ1) is 7.85. The van der Waals surface area contributed by atoms with Crippen molar-refractivity contribution in [1.82, 2.24) is 4.98 Å². The molecule has 0 aliphatic rings. The van der Waals surface area contributed by atoms with E-state index in [1.807, 2.05) is 0 Å². The number of anilines is 1. The van der Waals surface area contributed by atoms with Crippen LogP contribution in [0.1, 0.15) is 5.56 Å². The minimum absolute atomic E-state index is 0.242. The van der Waals surface area contributed by atoms with Crippen molar-refractivity contribution in [2.45, 2.75) is 12.8 Å². The van der Waals surface area contributed by atoms with Gasteiger partial charge >= 0.3 is 5.69 Å². The number of nitro groups is 1. The molecular formula is C9H11F2N3O3. The van der Waals surface area contributed by atoms with Crippen molar-refractivity contribution in [3.63, 3.8) is 0 Å². The Morgan fingerprint density at radius 3 is 2.82 bits per heavy atom. The van der Waals surface area contributed by atoms with Gasteiger partial charge in [-0.1, -0.05) is 0 Å². The number of alkyl halides is 2. The lowest BCUT2D eigenvalue weighted by molar-refractivity contribution is -0.384. The van der Waals surface area contributed by atoms with Crippen LogP contribution in [0.15, 0.2) is 12.3 Å². The summed E-state index contributed by atoms with van der Waals surface area (Å²) in [5.74, 6) is -3.59. The van der Waals surface area contributed by atoms with Gasteiger partial charge in [0, 0.05) is 12.3 Å². The Bertz CT molecular complexity index is 426. The molecule has 0 saturated heterocycles. The lowest BCUT2D eigenvalue weighted by atomic mass is 10.2. The van der Waals surface area contributed by atoms with E-state index in [0.717, 1.165) is 0 Å². The number of pyridine rings is 1. The number of aryl methyl sites for hydroxylation is 1. The van der Waals surface area contributed by atoms with E-state index in [4.69, 9.17) is 5.11 Å². The first-order valence-corrected chi connectivity index (χ1v) is 4.69. The number of aliphatic hydroxyl groups is 1. The number of halogens is 2. The molecule has 0 radical (unpaired) electrons. The molecule has 94 valence electrons. The molecule has 1 aromatic rings. The van der Waals surface area contributed by atoms with Crippen molar-refractivity contribution < 1.29 is 18.8 Å². The van der Waals surface area contributed by atoms with Crippen LogP contribution in [0.5, 0.6) is 0 Å². The SMILES string of the molecule is Cc1cnc(NCC(F)(F)CO)c([N+](=O)[O-])c1. The second-order valence-electron chi connectivity index (χ2n) is 3.51. The summed E-state index contributed by atoms with van der Waals surface area (Å²) in [4.78, 5) is 13.6. The van der Waals surface area contributed by atoms with Crippen LogP contribution < -0.4 is 5.32 Å². The van der Waals surface area contributed by atoms with Crippen LogP contribution in [0.3, 0.4) is 0 Å². The van der Waals surface area contributed by atoms with E-state index < -0.39 is 24.0 Å². The molecule has 1 aromatic heterocycles. The molecule has 17 heavy (non-hydrogen) atoms. The molecule has 0 aliphatic heterocycles. The number of hydrogen-bond acceptors (Lipinski definition) is 5. The third-order valence-electron chi connectivity index (χ3n) is 1.95. The number of aromatic nitrogens is 1. The van der Waals surface area contributed by atoms with Crippen LogP contribution in [0, 0.1) is 17.0 Å². The average molecular weight is 247 g/mol. The standard InChI is InChI=1S/C9H11F2N3O3/c1-6-2-7(14(16)17)8(12-3-6)13-4-9(10,11)5-15/h2-3,15H,4-5H2,1H3,(H,12,13). The lowest BCUT2D eigenvalue weighted by Gasteiger charge is -2.14. The summed E-state index contributed by atoms with van der Waals surface area (Å²) in [6, 6.07) is 1.23. The Hall–Kier alpha value is -1.83. The van der Waals surface area contributed by atoms with Gasteiger partial charge in [-0.2, -0.15) is 0 Å². The van der Waals surface area contributed by atoms with Gasteiger partial charge in [-0.25, -0.2) is 13.8 Å². The monoisotopic (exact) mass is 247 g/mol. The normalized spacial score (nSPS) is 11.3. The molecule has 0 aromatic carbocycles. The highest BCUT2D eigenvalue weighted by atomic mass is 19.3. The predicted octanol–water partition coefficient (Wildman–Crippen LogP) is 1.34. The Morgan fingerprint density at radius 1 is 1.65 bits per heavy atom. The van der Waals surface area contributed by atoms with Gasteiger partial charge in [0.05, 0.1) is 11.5 Å². The second kappa shape index (κ2) is 5.00. The molecule has 0 fully saturated rings. The van der Waals surface area contributed by atoms with Crippen LogP contribution >= 0.6 is 0 Å². The number of nitrogens with one attached hydrogen (secondary N) is 1. The summed E-state index contributed by atoms with van der Waals surface area (Å²) < 4.78 is 25.5. The third kappa shape index (κ3) is 3.59. The molecule has 0 atom stereocenters. The topological polar surface area (TPSA) is 88.3 Å². The van der Waals surface area contributed by atoms with Crippen LogP contribution in [-0.2, 0) is 0 Å². The Balaban J connectivity index is 2.88. The quantitative estimate of drug-likeness (QED) is 0.605. The van der Waals surface area contributed by atoms with E-state index in [1.165, 1.54) is 12.3 Å². The molecule has 0 unspecified atom stereocenters. The van der Waals surface area contributed by atoms with Crippen molar-refractivity contribution in [2.75, 3.05) is 18.5 Å². The Morgan fingerprint density at radius 2 is 2.29 bits per heavy atom. The van der Waals surface area contributed by atoms with E-state index in [9.17, 15) is 18.9 Å². The smallest absolute Gasteiger partial charge is 0.311 e. The highest BCUT2D eigenvalue weighted by molar-refractivity contribution is 5.56. The molecule has 6 nitrogen and oxygen atoms in total. The predicted molar refractivity (Wildman–Crippen MR) is 56.2 cm³/mol. The van der Waals surface area contributed by atoms with E-state index in [0.29, 0.717) is 5.56 Å². The maximum atomic E-state index is 12.7. The van der Waals surface area contributed by atoms with E-state index >= 15 is 0 Å². The van der Waals surface area contributed by atoms with Gasteiger partial charge in [-0.3, -0.25) is 10.1 Å². The summed E-state index contributed by atoms with van der Waals surface area (Å²) in [6.07, 6.45) is 1.33. The zero-order valence-corrected chi connectivity index (χ0v) is 8.98. The van der Waals surface area contributed by atoms with E-state index in [2.05, 4.69) is 10.3 Å². The minimum atomic E-state index is -3.35. The van der Waals surface area contributed by atoms with Gasteiger partial charge in [-0.15, -0.1) is 0 Å². The summed E-state index contributed by atoms with van der Waals surface area (Å²) in [5, 5.41) is 21.2.